The van der Waals surface area contributed by atoms with Gasteiger partial charge in [0.15, 0.2) is 0 Å². The Balaban J connectivity index is 2.75. The van der Waals surface area contributed by atoms with Gasteiger partial charge in [0.25, 0.3) is 0 Å². The van der Waals surface area contributed by atoms with Gasteiger partial charge in [-0.1, -0.05) is 32.4 Å². The summed E-state index contributed by atoms with van der Waals surface area (Å²) in [5, 5.41) is 3.59. The Labute approximate surface area is 117 Å². The average Bonchev–Trinajstić information content (AvgIpc) is 2.26. The number of benzene rings is 1. The van der Waals surface area contributed by atoms with Crippen LogP contribution in [0, 0.1) is 11.2 Å². The van der Waals surface area contributed by atoms with Gasteiger partial charge in [-0.3, -0.25) is 0 Å². The number of halogens is 1. The van der Waals surface area contributed by atoms with E-state index in [9.17, 15) is 4.39 Å². The van der Waals surface area contributed by atoms with E-state index in [0.717, 1.165) is 31.4 Å². The summed E-state index contributed by atoms with van der Waals surface area (Å²) >= 11 is 0. The van der Waals surface area contributed by atoms with Crippen LogP contribution in [0.1, 0.15) is 53.0 Å². The molecule has 0 saturated carbocycles. The summed E-state index contributed by atoms with van der Waals surface area (Å²) < 4.78 is 13.3. The average molecular weight is 265 g/mol. The smallest absolute Gasteiger partial charge is 0.123 e. The van der Waals surface area contributed by atoms with E-state index in [-0.39, 0.29) is 16.8 Å². The maximum absolute atomic E-state index is 13.3. The highest BCUT2D eigenvalue weighted by molar-refractivity contribution is 5.18. The minimum atomic E-state index is -0.139. The van der Waals surface area contributed by atoms with Crippen molar-refractivity contribution in [3.8, 4) is 0 Å². The summed E-state index contributed by atoms with van der Waals surface area (Å²) in [6.07, 6.45) is 3.21. The molecule has 0 bridgehead atoms. The van der Waals surface area contributed by atoms with E-state index in [1.807, 2.05) is 6.07 Å². The lowest BCUT2D eigenvalue weighted by molar-refractivity contribution is 0.243. The van der Waals surface area contributed by atoms with Gasteiger partial charge in [0.05, 0.1) is 0 Å². The zero-order valence-electron chi connectivity index (χ0n) is 13.0. The van der Waals surface area contributed by atoms with Gasteiger partial charge in [0.2, 0.25) is 0 Å². The molecule has 1 rings (SSSR count). The van der Waals surface area contributed by atoms with Crippen molar-refractivity contribution in [1.29, 1.82) is 0 Å². The van der Waals surface area contributed by atoms with Crippen LogP contribution in [0.15, 0.2) is 24.3 Å². The minimum Gasteiger partial charge on any atom is -0.312 e. The monoisotopic (exact) mass is 265 g/mol. The molecular formula is C17H28FN. The quantitative estimate of drug-likeness (QED) is 0.795. The van der Waals surface area contributed by atoms with Crippen LogP contribution in [0.3, 0.4) is 0 Å². The van der Waals surface area contributed by atoms with Gasteiger partial charge in [-0.25, -0.2) is 4.39 Å². The summed E-state index contributed by atoms with van der Waals surface area (Å²) in [6.45, 7) is 12.0. The van der Waals surface area contributed by atoms with Crippen molar-refractivity contribution in [3.63, 3.8) is 0 Å². The normalized spacial score (nSPS) is 15.3. The van der Waals surface area contributed by atoms with E-state index in [0.29, 0.717) is 0 Å². The van der Waals surface area contributed by atoms with Crippen molar-refractivity contribution in [2.45, 2.75) is 59.4 Å². The first-order valence-electron chi connectivity index (χ1n) is 7.24. The molecule has 0 heterocycles. The lowest BCUT2D eigenvalue weighted by Crippen LogP contribution is -2.43. The molecule has 0 aromatic heterocycles. The van der Waals surface area contributed by atoms with Crippen LogP contribution >= 0.6 is 0 Å². The van der Waals surface area contributed by atoms with Gasteiger partial charge >= 0.3 is 0 Å². The molecule has 1 N–H and O–H groups in total. The van der Waals surface area contributed by atoms with Crippen molar-refractivity contribution in [2.24, 2.45) is 5.41 Å². The van der Waals surface area contributed by atoms with Crippen LogP contribution in [-0.4, -0.2) is 12.1 Å². The fourth-order valence-electron chi connectivity index (χ4n) is 2.46. The highest BCUT2D eigenvalue weighted by Gasteiger charge is 2.25. The fourth-order valence-corrected chi connectivity index (χ4v) is 2.46. The molecule has 0 radical (unpaired) electrons. The maximum atomic E-state index is 13.3. The Morgan fingerprint density at radius 1 is 1.16 bits per heavy atom. The van der Waals surface area contributed by atoms with Gasteiger partial charge < -0.3 is 5.32 Å². The molecule has 1 unspecified atom stereocenters. The molecule has 0 spiro atoms. The van der Waals surface area contributed by atoms with Crippen molar-refractivity contribution >= 4 is 0 Å². The molecule has 108 valence electrons. The molecular weight excluding hydrogens is 237 g/mol. The summed E-state index contributed by atoms with van der Waals surface area (Å²) in [5.74, 6) is -0.139. The predicted molar refractivity (Wildman–Crippen MR) is 80.9 cm³/mol. The van der Waals surface area contributed by atoms with Crippen LogP contribution in [0.2, 0.25) is 0 Å². The third-order valence-electron chi connectivity index (χ3n) is 3.42. The van der Waals surface area contributed by atoms with Crippen LogP contribution < -0.4 is 5.32 Å². The summed E-state index contributed by atoms with van der Waals surface area (Å²) in [4.78, 5) is 0. The van der Waals surface area contributed by atoms with Crippen molar-refractivity contribution in [3.05, 3.63) is 35.6 Å². The first kappa shape index (κ1) is 16.2. The predicted octanol–water partition coefficient (Wildman–Crippen LogP) is 4.56. The Bertz CT molecular complexity index is 394. The second-order valence-electron chi connectivity index (χ2n) is 6.97. The second kappa shape index (κ2) is 6.51. The number of nitrogens with one attached hydrogen (secondary N) is 1. The molecule has 1 nitrogen and oxygen atoms in total. The molecule has 2 heteroatoms. The summed E-state index contributed by atoms with van der Waals surface area (Å²) in [7, 11) is 0. The zero-order chi connectivity index (χ0) is 14.5. The zero-order valence-corrected chi connectivity index (χ0v) is 13.0. The lowest BCUT2D eigenvalue weighted by Gasteiger charge is -2.34. The second-order valence-corrected chi connectivity index (χ2v) is 6.97. The third kappa shape index (κ3) is 6.20. The van der Waals surface area contributed by atoms with Crippen LogP contribution in [0.4, 0.5) is 4.39 Å². The standard InChI is InChI=1S/C17H28FN/c1-6-10-17(5,13-19-16(2,3)4)12-14-8-7-9-15(18)11-14/h7-9,11,19H,6,10,12-13H2,1-5H3. The largest absolute Gasteiger partial charge is 0.312 e. The molecule has 0 aliphatic carbocycles. The highest BCUT2D eigenvalue weighted by Crippen LogP contribution is 2.28. The number of hydrogen-bond donors (Lipinski definition) is 1. The highest BCUT2D eigenvalue weighted by atomic mass is 19.1. The van der Waals surface area contributed by atoms with E-state index in [1.54, 1.807) is 12.1 Å². The first-order chi connectivity index (χ1) is 8.74. The van der Waals surface area contributed by atoms with E-state index in [4.69, 9.17) is 0 Å². The SMILES string of the molecule is CCCC(C)(CNC(C)(C)C)Cc1cccc(F)c1. The molecule has 0 amide bonds. The lowest BCUT2D eigenvalue weighted by atomic mass is 9.79. The molecule has 0 aliphatic heterocycles. The molecule has 1 aromatic carbocycles. The summed E-state index contributed by atoms with van der Waals surface area (Å²) in [5.41, 5.74) is 1.39. The Morgan fingerprint density at radius 3 is 2.37 bits per heavy atom. The Kier molecular flexibility index (Phi) is 5.54. The Morgan fingerprint density at radius 2 is 1.84 bits per heavy atom. The van der Waals surface area contributed by atoms with E-state index >= 15 is 0 Å². The molecule has 0 saturated heterocycles. The minimum absolute atomic E-state index is 0.122. The topological polar surface area (TPSA) is 12.0 Å². The molecule has 19 heavy (non-hydrogen) atoms. The number of rotatable bonds is 6. The molecule has 1 aromatic rings. The van der Waals surface area contributed by atoms with E-state index in [2.05, 4.69) is 39.9 Å². The first-order valence-corrected chi connectivity index (χ1v) is 7.24. The molecule has 0 fully saturated rings. The molecule has 1 atom stereocenters. The van der Waals surface area contributed by atoms with Crippen LogP contribution in [0.25, 0.3) is 0 Å². The van der Waals surface area contributed by atoms with Gasteiger partial charge in [-0.05, 0) is 56.7 Å². The van der Waals surface area contributed by atoms with Crippen molar-refractivity contribution in [1.82, 2.24) is 5.32 Å². The van der Waals surface area contributed by atoms with Crippen LogP contribution in [-0.2, 0) is 6.42 Å². The van der Waals surface area contributed by atoms with Crippen LogP contribution in [0.5, 0.6) is 0 Å². The van der Waals surface area contributed by atoms with Gasteiger partial charge in [-0.15, -0.1) is 0 Å². The third-order valence-corrected chi connectivity index (χ3v) is 3.42. The van der Waals surface area contributed by atoms with E-state index in [1.165, 1.54) is 6.07 Å². The Hall–Kier alpha value is -0.890. The van der Waals surface area contributed by atoms with Gasteiger partial charge in [-0.2, -0.15) is 0 Å². The van der Waals surface area contributed by atoms with Gasteiger partial charge in [0, 0.05) is 12.1 Å². The number of hydrogen-bond acceptors (Lipinski definition) is 1. The van der Waals surface area contributed by atoms with E-state index < -0.39 is 0 Å². The molecule has 0 aliphatic rings. The van der Waals surface area contributed by atoms with Crippen molar-refractivity contribution in [2.75, 3.05) is 6.54 Å². The summed E-state index contributed by atoms with van der Waals surface area (Å²) in [6, 6.07) is 6.99. The fraction of sp³-hybridized carbons (Fsp3) is 0.647. The van der Waals surface area contributed by atoms with Gasteiger partial charge in [0.1, 0.15) is 5.82 Å². The van der Waals surface area contributed by atoms with Crippen molar-refractivity contribution < 1.29 is 4.39 Å². The maximum Gasteiger partial charge on any atom is 0.123 e.